The first-order valence-corrected chi connectivity index (χ1v) is 9.48. The van der Waals surface area contributed by atoms with Gasteiger partial charge >= 0.3 is 0 Å². The predicted octanol–water partition coefficient (Wildman–Crippen LogP) is 2.44. The Morgan fingerprint density at radius 2 is 2.00 bits per heavy atom. The standard InChI is InChI=1S/C16H16N2O3S2/c1-12(9-15-3-2-8-22-15)16(19)18-23(20,21)11-14-6-4-13(10-17)5-7-14/h2-8,12H,9,11H2,1H3,(H,18,19)/t12-/m0/s1. The number of hydrogen-bond acceptors (Lipinski definition) is 5. The summed E-state index contributed by atoms with van der Waals surface area (Å²) in [4.78, 5) is 13.1. The number of amides is 1. The molecule has 1 aromatic carbocycles. The Bertz CT molecular complexity index is 804. The van der Waals surface area contributed by atoms with Gasteiger partial charge in [-0.1, -0.05) is 25.1 Å². The molecule has 5 nitrogen and oxygen atoms in total. The third kappa shape index (κ3) is 5.20. The minimum absolute atomic E-state index is 0.295. The van der Waals surface area contributed by atoms with Gasteiger partial charge in [-0.3, -0.25) is 9.52 Å². The zero-order chi connectivity index (χ0) is 16.9. The van der Waals surface area contributed by atoms with E-state index in [4.69, 9.17) is 5.26 Å². The van der Waals surface area contributed by atoms with Crippen molar-refractivity contribution in [2.75, 3.05) is 0 Å². The second-order valence-electron chi connectivity index (χ2n) is 5.22. The molecule has 0 saturated carbocycles. The lowest BCUT2D eigenvalue weighted by Crippen LogP contribution is -2.36. The zero-order valence-corrected chi connectivity index (χ0v) is 14.2. The maximum atomic E-state index is 12.1. The van der Waals surface area contributed by atoms with E-state index in [0.29, 0.717) is 17.5 Å². The molecule has 2 rings (SSSR count). The van der Waals surface area contributed by atoms with Crippen LogP contribution in [-0.2, 0) is 27.0 Å². The minimum Gasteiger partial charge on any atom is -0.274 e. The van der Waals surface area contributed by atoms with Crippen molar-refractivity contribution in [2.24, 2.45) is 5.92 Å². The quantitative estimate of drug-likeness (QED) is 0.868. The predicted molar refractivity (Wildman–Crippen MR) is 89.1 cm³/mol. The van der Waals surface area contributed by atoms with Crippen LogP contribution in [0.5, 0.6) is 0 Å². The third-order valence-electron chi connectivity index (χ3n) is 3.23. The van der Waals surface area contributed by atoms with Crippen LogP contribution in [0.2, 0.25) is 0 Å². The van der Waals surface area contributed by atoms with E-state index < -0.39 is 21.8 Å². The van der Waals surface area contributed by atoms with Gasteiger partial charge in [0, 0.05) is 10.8 Å². The topological polar surface area (TPSA) is 87.0 Å². The number of carbonyl (C=O) groups is 1. The van der Waals surface area contributed by atoms with Crippen molar-refractivity contribution in [2.45, 2.75) is 19.1 Å². The second-order valence-corrected chi connectivity index (χ2v) is 7.97. The fourth-order valence-corrected chi connectivity index (χ4v) is 4.05. The van der Waals surface area contributed by atoms with Gasteiger partial charge in [-0.25, -0.2) is 8.42 Å². The van der Waals surface area contributed by atoms with Crippen LogP contribution in [-0.4, -0.2) is 14.3 Å². The average Bonchev–Trinajstić information content (AvgIpc) is 3.00. The van der Waals surface area contributed by atoms with E-state index in [0.717, 1.165) is 4.88 Å². The highest BCUT2D eigenvalue weighted by Gasteiger charge is 2.20. The van der Waals surface area contributed by atoms with E-state index in [1.165, 1.54) is 11.3 Å². The molecule has 0 aliphatic carbocycles. The molecule has 0 radical (unpaired) electrons. The van der Waals surface area contributed by atoms with Crippen LogP contribution in [0.1, 0.15) is 22.9 Å². The van der Waals surface area contributed by atoms with Crippen molar-refractivity contribution < 1.29 is 13.2 Å². The van der Waals surface area contributed by atoms with Gasteiger partial charge in [-0.05, 0) is 35.6 Å². The lowest BCUT2D eigenvalue weighted by atomic mass is 10.1. The number of nitrogens with one attached hydrogen (secondary N) is 1. The fraction of sp³-hybridized carbons (Fsp3) is 0.250. The normalized spacial score (nSPS) is 12.3. The summed E-state index contributed by atoms with van der Waals surface area (Å²) in [5.41, 5.74) is 0.981. The minimum atomic E-state index is -3.76. The molecule has 0 bridgehead atoms. The summed E-state index contributed by atoms with van der Waals surface area (Å²) in [5, 5.41) is 10.6. The molecule has 0 saturated heterocycles. The van der Waals surface area contributed by atoms with Crippen molar-refractivity contribution in [3.8, 4) is 6.07 Å². The molecule has 1 N–H and O–H groups in total. The van der Waals surface area contributed by atoms with Crippen LogP contribution in [0, 0.1) is 17.2 Å². The Morgan fingerprint density at radius 1 is 1.30 bits per heavy atom. The van der Waals surface area contributed by atoms with Gasteiger partial charge in [-0.2, -0.15) is 5.26 Å². The summed E-state index contributed by atoms with van der Waals surface area (Å²) in [6.45, 7) is 1.70. The monoisotopic (exact) mass is 348 g/mol. The van der Waals surface area contributed by atoms with Crippen LogP contribution < -0.4 is 4.72 Å². The molecule has 1 heterocycles. The van der Waals surface area contributed by atoms with Crippen molar-refractivity contribution in [3.05, 3.63) is 57.8 Å². The van der Waals surface area contributed by atoms with Gasteiger partial charge < -0.3 is 0 Å². The summed E-state index contributed by atoms with van der Waals surface area (Å²) in [5.74, 6) is -1.23. The average molecular weight is 348 g/mol. The maximum absolute atomic E-state index is 12.1. The Hall–Kier alpha value is -2.17. The summed E-state index contributed by atoms with van der Waals surface area (Å²) < 4.78 is 26.3. The highest BCUT2D eigenvalue weighted by molar-refractivity contribution is 7.89. The molecule has 2 aromatic rings. The highest BCUT2D eigenvalue weighted by Crippen LogP contribution is 2.15. The summed E-state index contributed by atoms with van der Waals surface area (Å²) in [6.07, 6.45) is 0.510. The third-order valence-corrected chi connectivity index (χ3v) is 5.36. The van der Waals surface area contributed by atoms with E-state index >= 15 is 0 Å². The highest BCUT2D eigenvalue weighted by atomic mass is 32.2. The van der Waals surface area contributed by atoms with E-state index in [2.05, 4.69) is 4.72 Å². The molecule has 120 valence electrons. The fourth-order valence-electron chi connectivity index (χ4n) is 2.01. The molecule has 23 heavy (non-hydrogen) atoms. The van der Waals surface area contributed by atoms with Gasteiger partial charge in [0.15, 0.2) is 0 Å². The number of sulfonamides is 1. The Balaban J connectivity index is 1.96. The zero-order valence-electron chi connectivity index (χ0n) is 12.5. The van der Waals surface area contributed by atoms with Gasteiger partial charge in [0.05, 0.1) is 17.4 Å². The first-order valence-electron chi connectivity index (χ1n) is 6.95. The summed E-state index contributed by atoms with van der Waals surface area (Å²) in [6, 6.07) is 12.0. The SMILES string of the molecule is C[C@@H](Cc1cccs1)C(=O)NS(=O)(=O)Cc1ccc(C#N)cc1. The van der Waals surface area contributed by atoms with Gasteiger partial charge in [0.1, 0.15) is 0 Å². The number of carbonyl (C=O) groups excluding carboxylic acids is 1. The van der Waals surface area contributed by atoms with Crippen LogP contribution in [0.4, 0.5) is 0 Å². The molecule has 1 aromatic heterocycles. The number of thiophene rings is 1. The van der Waals surface area contributed by atoms with E-state index in [1.807, 2.05) is 23.6 Å². The van der Waals surface area contributed by atoms with E-state index in [1.54, 1.807) is 31.2 Å². The molecule has 0 unspecified atom stereocenters. The molecular formula is C16H16N2O3S2. The number of benzene rings is 1. The summed E-state index contributed by atoms with van der Waals surface area (Å²) >= 11 is 1.54. The van der Waals surface area contributed by atoms with Crippen LogP contribution >= 0.6 is 11.3 Å². The van der Waals surface area contributed by atoms with Gasteiger partial charge in [-0.15, -0.1) is 11.3 Å². The largest absolute Gasteiger partial charge is 0.274 e. The number of nitriles is 1. The van der Waals surface area contributed by atoms with Crippen LogP contribution in [0.25, 0.3) is 0 Å². The number of nitrogens with zero attached hydrogens (tertiary/aromatic N) is 1. The van der Waals surface area contributed by atoms with Crippen LogP contribution in [0.3, 0.4) is 0 Å². The molecule has 1 atom stereocenters. The van der Waals surface area contributed by atoms with Crippen molar-refractivity contribution >= 4 is 27.3 Å². The van der Waals surface area contributed by atoms with E-state index in [-0.39, 0.29) is 5.75 Å². The molecule has 0 spiro atoms. The van der Waals surface area contributed by atoms with Crippen LogP contribution in [0.15, 0.2) is 41.8 Å². The van der Waals surface area contributed by atoms with Crippen molar-refractivity contribution in [1.82, 2.24) is 4.72 Å². The summed E-state index contributed by atoms with van der Waals surface area (Å²) in [7, 11) is -3.76. The maximum Gasteiger partial charge on any atom is 0.239 e. The van der Waals surface area contributed by atoms with Crippen molar-refractivity contribution in [3.63, 3.8) is 0 Å². The van der Waals surface area contributed by atoms with Crippen molar-refractivity contribution in [1.29, 1.82) is 5.26 Å². The van der Waals surface area contributed by atoms with E-state index in [9.17, 15) is 13.2 Å². The number of hydrogen-bond donors (Lipinski definition) is 1. The second kappa shape index (κ2) is 7.40. The lowest BCUT2D eigenvalue weighted by Gasteiger charge is -2.12. The first-order chi connectivity index (χ1) is 10.9. The Labute approximate surface area is 139 Å². The van der Waals surface area contributed by atoms with Gasteiger partial charge in [0.2, 0.25) is 15.9 Å². The molecule has 0 fully saturated rings. The molecule has 0 aliphatic rings. The Kier molecular flexibility index (Phi) is 5.53. The number of rotatable bonds is 6. The Morgan fingerprint density at radius 3 is 2.57 bits per heavy atom. The molecule has 0 aliphatic heterocycles. The smallest absolute Gasteiger partial charge is 0.239 e. The lowest BCUT2D eigenvalue weighted by molar-refractivity contribution is -0.122. The van der Waals surface area contributed by atoms with Gasteiger partial charge in [0.25, 0.3) is 0 Å². The molecular weight excluding hydrogens is 332 g/mol. The molecule has 7 heteroatoms. The molecule has 1 amide bonds. The first kappa shape index (κ1) is 17.2.